The molecular formula is C18H15NO2. The van der Waals surface area contributed by atoms with Gasteiger partial charge in [0, 0.05) is 22.9 Å². The minimum Gasteiger partial charge on any atom is -0.352 e. The molecule has 0 saturated heterocycles. The first kappa shape index (κ1) is 13.3. The molecule has 0 aromatic heterocycles. The van der Waals surface area contributed by atoms with Crippen molar-refractivity contribution >= 4 is 17.3 Å². The van der Waals surface area contributed by atoms with Crippen LogP contribution in [-0.2, 0) is 0 Å². The summed E-state index contributed by atoms with van der Waals surface area (Å²) in [4.78, 5) is 24.6. The van der Waals surface area contributed by atoms with Crippen LogP contribution in [0.25, 0.3) is 0 Å². The fourth-order valence-corrected chi connectivity index (χ4v) is 2.55. The number of aryl methyl sites for hydroxylation is 2. The summed E-state index contributed by atoms with van der Waals surface area (Å²) in [7, 11) is 0. The van der Waals surface area contributed by atoms with Crippen LogP contribution >= 0.6 is 0 Å². The Hall–Kier alpha value is -2.68. The first-order valence-corrected chi connectivity index (χ1v) is 6.81. The second-order valence-electron chi connectivity index (χ2n) is 5.19. The highest BCUT2D eigenvalue weighted by Crippen LogP contribution is 2.26. The molecule has 0 bridgehead atoms. The Morgan fingerprint density at radius 3 is 2.10 bits per heavy atom. The van der Waals surface area contributed by atoms with Crippen molar-refractivity contribution in [1.82, 2.24) is 0 Å². The number of para-hydroxylation sites is 1. The molecular weight excluding hydrogens is 262 g/mol. The zero-order chi connectivity index (χ0) is 15.0. The van der Waals surface area contributed by atoms with Crippen LogP contribution < -0.4 is 5.32 Å². The summed E-state index contributed by atoms with van der Waals surface area (Å²) in [5.74, 6) is -0.285. The van der Waals surface area contributed by atoms with E-state index in [1.165, 1.54) is 6.08 Å². The largest absolute Gasteiger partial charge is 0.352 e. The van der Waals surface area contributed by atoms with Crippen molar-refractivity contribution in [3.63, 3.8) is 0 Å². The first-order valence-electron chi connectivity index (χ1n) is 6.81. The number of hydrogen-bond donors (Lipinski definition) is 1. The molecule has 0 radical (unpaired) electrons. The molecule has 0 fully saturated rings. The van der Waals surface area contributed by atoms with Crippen molar-refractivity contribution in [1.29, 1.82) is 0 Å². The summed E-state index contributed by atoms with van der Waals surface area (Å²) >= 11 is 0. The second-order valence-corrected chi connectivity index (χ2v) is 5.19. The molecule has 1 aliphatic carbocycles. The number of anilines is 1. The molecule has 0 saturated carbocycles. The van der Waals surface area contributed by atoms with E-state index < -0.39 is 0 Å². The van der Waals surface area contributed by atoms with E-state index in [-0.39, 0.29) is 11.6 Å². The predicted octanol–water partition coefficient (Wildman–Crippen LogP) is 3.68. The van der Waals surface area contributed by atoms with E-state index in [2.05, 4.69) is 5.32 Å². The van der Waals surface area contributed by atoms with Gasteiger partial charge in [0.15, 0.2) is 5.78 Å². The molecule has 104 valence electrons. The van der Waals surface area contributed by atoms with Crippen LogP contribution in [0.1, 0.15) is 31.8 Å². The molecule has 0 atom stereocenters. The highest BCUT2D eigenvalue weighted by atomic mass is 16.1. The van der Waals surface area contributed by atoms with Crippen molar-refractivity contribution in [3.05, 3.63) is 76.5 Å². The molecule has 1 N–H and O–H groups in total. The minimum atomic E-state index is -0.146. The van der Waals surface area contributed by atoms with Gasteiger partial charge in [0.25, 0.3) is 0 Å². The molecule has 1 aliphatic rings. The first-order chi connectivity index (χ1) is 10.1. The Kier molecular flexibility index (Phi) is 3.18. The Morgan fingerprint density at radius 2 is 1.43 bits per heavy atom. The van der Waals surface area contributed by atoms with Gasteiger partial charge in [-0.05, 0) is 25.0 Å². The van der Waals surface area contributed by atoms with Crippen LogP contribution in [0, 0.1) is 13.8 Å². The lowest BCUT2D eigenvalue weighted by atomic mass is 9.92. The van der Waals surface area contributed by atoms with Gasteiger partial charge in [-0.1, -0.05) is 42.5 Å². The van der Waals surface area contributed by atoms with Crippen LogP contribution in [0.3, 0.4) is 0 Å². The molecule has 21 heavy (non-hydrogen) atoms. The van der Waals surface area contributed by atoms with E-state index in [1.807, 2.05) is 32.0 Å². The summed E-state index contributed by atoms with van der Waals surface area (Å²) in [5, 5.41) is 3.13. The van der Waals surface area contributed by atoms with Crippen LogP contribution in [0.4, 0.5) is 5.69 Å². The van der Waals surface area contributed by atoms with Gasteiger partial charge >= 0.3 is 0 Å². The maximum absolute atomic E-state index is 12.5. The van der Waals surface area contributed by atoms with Gasteiger partial charge in [0.1, 0.15) is 0 Å². The number of hydrogen-bond acceptors (Lipinski definition) is 3. The molecule has 3 nitrogen and oxygen atoms in total. The van der Waals surface area contributed by atoms with Gasteiger partial charge in [-0.15, -0.1) is 0 Å². The molecule has 3 rings (SSSR count). The van der Waals surface area contributed by atoms with E-state index in [1.54, 1.807) is 24.3 Å². The summed E-state index contributed by atoms with van der Waals surface area (Å²) in [6.07, 6.45) is 1.39. The molecule has 0 heterocycles. The lowest BCUT2D eigenvalue weighted by Gasteiger charge is -2.18. The Labute approximate surface area is 123 Å². The average Bonchev–Trinajstić information content (AvgIpc) is 2.48. The number of allylic oxidation sites excluding steroid dienone is 2. The predicted molar refractivity (Wildman–Crippen MR) is 82.7 cm³/mol. The van der Waals surface area contributed by atoms with Crippen molar-refractivity contribution < 1.29 is 9.59 Å². The zero-order valence-electron chi connectivity index (χ0n) is 11.9. The van der Waals surface area contributed by atoms with Crippen LogP contribution in [-0.4, -0.2) is 11.6 Å². The standard InChI is InChI=1S/C18H15NO2/c1-11-6-5-7-12(2)17(11)19-15-10-16(20)13-8-3-4-9-14(13)18(15)21/h3-10,19H,1-2H3. The van der Waals surface area contributed by atoms with Gasteiger partial charge in [-0.2, -0.15) is 0 Å². The molecule has 0 unspecified atom stereocenters. The van der Waals surface area contributed by atoms with Crippen molar-refractivity contribution in [3.8, 4) is 0 Å². The summed E-state index contributed by atoms with van der Waals surface area (Å²) in [6.45, 7) is 3.94. The van der Waals surface area contributed by atoms with E-state index in [4.69, 9.17) is 0 Å². The summed E-state index contributed by atoms with van der Waals surface area (Å²) < 4.78 is 0. The van der Waals surface area contributed by atoms with Crippen molar-refractivity contribution in [2.75, 3.05) is 5.32 Å². The van der Waals surface area contributed by atoms with E-state index >= 15 is 0 Å². The average molecular weight is 277 g/mol. The number of fused-ring (bicyclic) bond motifs is 1. The molecule has 0 aliphatic heterocycles. The molecule has 3 heteroatoms. The Bertz CT molecular complexity index is 767. The Morgan fingerprint density at radius 1 is 0.810 bits per heavy atom. The van der Waals surface area contributed by atoms with Crippen LogP contribution in [0.2, 0.25) is 0 Å². The topological polar surface area (TPSA) is 46.2 Å². The van der Waals surface area contributed by atoms with Gasteiger partial charge in [0.2, 0.25) is 5.78 Å². The highest BCUT2D eigenvalue weighted by Gasteiger charge is 2.25. The Balaban J connectivity index is 2.02. The monoisotopic (exact) mass is 277 g/mol. The molecule has 0 amide bonds. The van der Waals surface area contributed by atoms with Crippen LogP contribution in [0.15, 0.2) is 54.2 Å². The number of nitrogens with one attached hydrogen (secondary N) is 1. The summed E-state index contributed by atoms with van der Waals surface area (Å²) in [5.41, 5.74) is 4.21. The minimum absolute atomic E-state index is 0.140. The van der Waals surface area contributed by atoms with Gasteiger partial charge < -0.3 is 5.32 Å². The lowest BCUT2D eigenvalue weighted by Crippen LogP contribution is -2.21. The second kappa shape index (κ2) is 5.02. The van der Waals surface area contributed by atoms with Gasteiger partial charge in [-0.3, -0.25) is 9.59 Å². The molecule has 0 spiro atoms. The lowest BCUT2D eigenvalue weighted by molar-refractivity contribution is 0.0985. The smallest absolute Gasteiger partial charge is 0.210 e. The van der Waals surface area contributed by atoms with E-state index in [0.717, 1.165) is 16.8 Å². The summed E-state index contributed by atoms with van der Waals surface area (Å²) in [6, 6.07) is 12.8. The quantitative estimate of drug-likeness (QED) is 0.910. The third-order valence-corrected chi connectivity index (χ3v) is 3.70. The highest BCUT2D eigenvalue weighted by molar-refractivity contribution is 6.25. The van der Waals surface area contributed by atoms with Crippen molar-refractivity contribution in [2.24, 2.45) is 0 Å². The number of carbonyl (C=O) groups excluding carboxylic acids is 2. The van der Waals surface area contributed by atoms with E-state index in [9.17, 15) is 9.59 Å². The maximum Gasteiger partial charge on any atom is 0.210 e. The van der Waals surface area contributed by atoms with Crippen LogP contribution in [0.5, 0.6) is 0 Å². The number of ketones is 2. The van der Waals surface area contributed by atoms with Crippen molar-refractivity contribution in [2.45, 2.75) is 13.8 Å². The van der Waals surface area contributed by atoms with Gasteiger partial charge in [-0.25, -0.2) is 0 Å². The molecule has 2 aromatic rings. The number of carbonyl (C=O) groups is 2. The zero-order valence-corrected chi connectivity index (χ0v) is 11.9. The number of Topliss-reactive ketones (excluding diaryl/α,β-unsaturated/α-hetero) is 1. The maximum atomic E-state index is 12.5. The normalized spacial score (nSPS) is 13.7. The fraction of sp³-hybridized carbons (Fsp3) is 0.111. The van der Waals surface area contributed by atoms with Gasteiger partial charge in [0.05, 0.1) is 5.70 Å². The third kappa shape index (κ3) is 2.27. The number of benzene rings is 2. The third-order valence-electron chi connectivity index (χ3n) is 3.70. The number of rotatable bonds is 2. The molecule has 2 aromatic carbocycles. The fourth-order valence-electron chi connectivity index (χ4n) is 2.55. The SMILES string of the molecule is Cc1cccc(C)c1NC1=CC(=O)c2ccccc2C1=O. The van der Waals surface area contributed by atoms with E-state index in [0.29, 0.717) is 16.8 Å².